The van der Waals surface area contributed by atoms with E-state index in [2.05, 4.69) is 0 Å². The Bertz CT molecular complexity index is 443. The molecule has 0 aliphatic carbocycles. The Morgan fingerprint density at radius 3 is 2.25 bits per heavy atom. The van der Waals surface area contributed by atoms with Crippen molar-refractivity contribution in [3.05, 3.63) is 30.3 Å². The lowest BCUT2D eigenvalue weighted by molar-refractivity contribution is -0.185. The highest BCUT2D eigenvalue weighted by molar-refractivity contribution is 6.00. The summed E-state index contributed by atoms with van der Waals surface area (Å²) in [7, 11) is 0. The smallest absolute Gasteiger partial charge is 0.311 e. The van der Waals surface area contributed by atoms with Crippen LogP contribution >= 0.6 is 0 Å². The van der Waals surface area contributed by atoms with E-state index in [0.717, 1.165) is 11.3 Å². The number of nitrogens with two attached hydrogens (primary N) is 1. The third kappa shape index (κ3) is 3.50. The first-order valence-electron chi connectivity index (χ1n) is 6.44. The fourth-order valence-corrected chi connectivity index (χ4v) is 1.67. The van der Waals surface area contributed by atoms with Crippen LogP contribution in [-0.2, 0) is 4.79 Å². The van der Waals surface area contributed by atoms with Crippen molar-refractivity contribution in [1.29, 1.82) is 0 Å². The number of carbonyl (C=O) groups excluding carboxylic acids is 1. The second-order valence-electron chi connectivity index (χ2n) is 4.85. The van der Waals surface area contributed by atoms with E-state index in [0.29, 0.717) is 19.0 Å². The van der Waals surface area contributed by atoms with Gasteiger partial charge < -0.3 is 10.6 Å². The molecular formula is C14H19F3N2O. The third-order valence-electron chi connectivity index (χ3n) is 3.08. The van der Waals surface area contributed by atoms with E-state index in [1.165, 1.54) is 0 Å². The Hall–Kier alpha value is -1.56. The first-order valence-corrected chi connectivity index (χ1v) is 6.44. The van der Waals surface area contributed by atoms with Crippen LogP contribution in [0.5, 0.6) is 0 Å². The van der Waals surface area contributed by atoms with Crippen LogP contribution in [0.15, 0.2) is 30.3 Å². The average molecular weight is 288 g/mol. The minimum Gasteiger partial charge on any atom is -0.311 e. The molecular weight excluding hydrogens is 269 g/mol. The van der Waals surface area contributed by atoms with Gasteiger partial charge in [-0.3, -0.25) is 4.79 Å². The number of carbonyl (C=O) groups is 1. The molecule has 0 bridgehead atoms. The molecule has 0 aliphatic rings. The molecule has 0 fully saturated rings. The lowest BCUT2D eigenvalue weighted by atomic mass is 10.0. The lowest BCUT2D eigenvalue weighted by Gasteiger charge is -2.33. The van der Waals surface area contributed by atoms with Gasteiger partial charge in [-0.1, -0.05) is 31.5 Å². The van der Waals surface area contributed by atoms with Crippen molar-refractivity contribution in [2.75, 3.05) is 11.4 Å². The number of anilines is 1. The number of hydrogen-bond donors (Lipinski definition) is 1. The molecule has 1 amide bonds. The first-order chi connectivity index (χ1) is 9.21. The molecule has 2 N–H and O–H groups in total. The molecule has 1 atom stereocenters. The van der Waals surface area contributed by atoms with Gasteiger partial charge in [-0.25, -0.2) is 0 Å². The Balaban J connectivity index is 3.09. The number of para-hydroxylation sites is 1. The molecule has 0 spiro atoms. The molecule has 20 heavy (non-hydrogen) atoms. The molecule has 0 radical (unpaired) electrons. The van der Waals surface area contributed by atoms with Crippen LogP contribution in [-0.4, -0.2) is 24.2 Å². The van der Waals surface area contributed by atoms with E-state index >= 15 is 0 Å². The normalized spacial score (nSPS) is 14.7. The maximum absolute atomic E-state index is 12.9. The van der Waals surface area contributed by atoms with E-state index in [9.17, 15) is 18.0 Å². The van der Waals surface area contributed by atoms with Crippen molar-refractivity contribution in [1.82, 2.24) is 0 Å². The van der Waals surface area contributed by atoms with Crippen molar-refractivity contribution in [2.45, 2.75) is 38.4 Å². The lowest BCUT2D eigenvalue weighted by Crippen LogP contribution is -2.62. The second-order valence-corrected chi connectivity index (χ2v) is 4.85. The van der Waals surface area contributed by atoms with E-state index < -0.39 is 17.6 Å². The summed E-state index contributed by atoms with van der Waals surface area (Å²) >= 11 is 0. The van der Waals surface area contributed by atoms with Crippen molar-refractivity contribution in [3.8, 4) is 0 Å². The fourth-order valence-electron chi connectivity index (χ4n) is 1.67. The zero-order chi connectivity index (χ0) is 15.4. The van der Waals surface area contributed by atoms with E-state index in [-0.39, 0.29) is 6.54 Å². The molecule has 1 aromatic carbocycles. The van der Waals surface area contributed by atoms with Gasteiger partial charge in [0.2, 0.25) is 0 Å². The minimum absolute atomic E-state index is 0.211. The number of hydrogen-bond acceptors (Lipinski definition) is 2. The van der Waals surface area contributed by atoms with Crippen molar-refractivity contribution < 1.29 is 18.0 Å². The van der Waals surface area contributed by atoms with E-state index in [4.69, 9.17) is 5.73 Å². The van der Waals surface area contributed by atoms with Crippen LogP contribution in [0.1, 0.15) is 26.7 Å². The highest BCUT2D eigenvalue weighted by atomic mass is 19.4. The second kappa shape index (κ2) is 6.26. The van der Waals surface area contributed by atoms with Crippen LogP contribution in [0.25, 0.3) is 0 Å². The van der Waals surface area contributed by atoms with Crippen LogP contribution in [0.4, 0.5) is 18.9 Å². The highest BCUT2D eigenvalue weighted by Gasteiger charge is 2.55. The van der Waals surface area contributed by atoms with Gasteiger partial charge in [-0.15, -0.1) is 0 Å². The molecule has 0 aromatic heterocycles. The standard InChI is InChI=1S/C14H19F3N2O/c1-3-4-10-19(11-8-6-5-7-9-11)12(20)13(2,18)14(15,16)17/h5-9H,3-4,10,18H2,1-2H3. The zero-order valence-electron chi connectivity index (χ0n) is 11.6. The van der Waals surface area contributed by atoms with Gasteiger partial charge in [0.1, 0.15) is 0 Å². The largest absolute Gasteiger partial charge is 0.415 e. The van der Waals surface area contributed by atoms with Gasteiger partial charge >= 0.3 is 6.18 Å². The summed E-state index contributed by atoms with van der Waals surface area (Å²) in [4.78, 5) is 13.3. The van der Waals surface area contributed by atoms with E-state index in [1.807, 2.05) is 6.92 Å². The summed E-state index contributed by atoms with van der Waals surface area (Å²) in [5, 5.41) is 0. The number of rotatable bonds is 5. The SMILES string of the molecule is CCCCN(C(=O)C(C)(N)C(F)(F)F)c1ccccc1. The van der Waals surface area contributed by atoms with Gasteiger partial charge in [0, 0.05) is 12.2 Å². The number of amides is 1. The molecule has 6 heteroatoms. The summed E-state index contributed by atoms with van der Waals surface area (Å²) < 4.78 is 38.7. The molecule has 0 aliphatic heterocycles. The van der Waals surface area contributed by atoms with Crippen molar-refractivity contribution in [2.24, 2.45) is 5.73 Å². The number of alkyl halides is 3. The zero-order valence-corrected chi connectivity index (χ0v) is 11.6. The molecule has 0 saturated carbocycles. The van der Waals surface area contributed by atoms with Crippen molar-refractivity contribution >= 4 is 11.6 Å². The van der Waals surface area contributed by atoms with Gasteiger partial charge in [-0.05, 0) is 25.5 Å². The van der Waals surface area contributed by atoms with Crippen LogP contribution in [0.2, 0.25) is 0 Å². The summed E-state index contributed by atoms with van der Waals surface area (Å²) in [6.07, 6.45) is -3.41. The topological polar surface area (TPSA) is 46.3 Å². The number of benzene rings is 1. The Labute approximate surface area is 116 Å². The Morgan fingerprint density at radius 2 is 1.80 bits per heavy atom. The van der Waals surface area contributed by atoms with Gasteiger partial charge in [0.05, 0.1) is 0 Å². The molecule has 1 rings (SSSR count). The van der Waals surface area contributed by atoms with Crippen molar-refractivity contribution in [3.63, 3.8) is 0 Å². The Morgan fingerprint density at radius 1 is 1.25 bits per heavy atom. The summed E-state index contributed by atoms with van der Waals surface area (Å²) in [5.74, 6) is -1.13. The summed E-state index contributed by atoms with van der Waals surface area (Å²) in [6.45, 7) is 2.82. The van der Waals surface area contributed by atoms with Crippen LogP contribution in [0, 0.1) is 0 Å². The van der Waals surface area contributed by atoms with Crippen LogP contribution in [0.3, 0.4) is 0 Å². The average Bonchev–Trinajstić information content (AvgIpc) is 2.38. The Kier molecular flexibility index (Phi) is 5.16. The number of unbranched alkanes of at least 4 members (excludes halogenated alkanes) is 1. The van der Waals surface area contributed by atoms with Gasteiger partial charge in [0.15, 0.2) is 5.54 Å². The molecule has 0 saturated heterocycles. The number of halogens is 3. The number of nitrogens with zero attached hydrogens (tertiary/aromatic N) is 1. The minimum atomic E-state index is -4.79. The monoisotopic (exact) mass is 288 g/mol. The third-order valence-corrected chi connectivity index (χ3v) is 3.08. The van der Waals surface area contributed by atoms with Gasteiger partial charge in [0.25, 0.3) is 5.91 Å². The van der Waals surface area contributed by atoms with Crippen LogP contribution < -0.4 is 10.6 Å². The molecule has 0 heterocycles. The molecule has 1 aromatic rings. The maximum atomic E-state index is 12.9. The predicted octanol–water partition coefficient (Wildman–Crippen LogP) is 3.10. The molecule has 1 unspecified atom stereocenters. The molecule has 112 valence electrons. The summed E-state index contributed by atoms with van der Waals surface area (Å²) in [5.41, 5.74) is 2.76. The highest BCUT2D eigenvalue weighted by Crippen LogP contribution is 2.31. The quantitative estimate of drug-likeness (QED) is 0.905. The first kappa shape index (κ1) is 16.5. The molecule has 3 nitrogen and oxygen atoms in total. The van der Waals surface area contributed by atoms with E-state index in [1.54, 1.807) is 30.3 Å². The summed E-state index contributed by atoms with van der Waals surface area (Å²) in [6, 6.07) is 8.27. The fraction of sp³-hybridized carbons (Fsp3) is 0.500. The maximum Gasteiger partial charge on any atom is 0.415 e. The predicted molar refractivity (Wildman–Crippen MR) is 72.4 cm³/mol. The van der Waals surface area contributed by atoms with Gasteiger partial charge in [-0.2, -0.15) is 13.2 Å².